The van der Waals surface area contributed by atoms with Crippen molar-refractivity contribution in [3.63, 3.8) is 0 Å². The van der Waals surface area contributed by atoms with Crippen LogP contribution in [-0.4, -0.2) is 15.0 Å². The summed E-state index contributed by atoms with van der Waals surface area (Å²) in [6, 6.07) is 64.8. The van der Waals surface area contributed by atoms with Crippen LogP contribution < -0.4 is 0 Å². The Morgan fingerprint density at radius 1 is 0.321 bits per heavy atom. The highest BCUT2D eigenvalue weighted by molar-refractivity contribution is 6.16. The molecule has 0 saturated carbocycles. The SMILES string of the molecule is c1ccc(-c2nc(-c3ccc(-c4ccc(-c5nc6ccccc6c6oc(-c7ccccc7)c(-c7ccccc7)c56)cc4)cc3)c3ccccc3n2)cc1. The molecule has 0 aliphatic carbocycles. The first kappa shape index (κ1) is 30.6. The lowest BCUT2D eigenvalue weighted by Gasteiger charge is -2.11. The van der Waals surface area contributed by atoms with Crippen molar-refractivity contribution < 1.29 is 4.42 Å². The summed E-state index contributed by atoms with van der Waals surface area (Å²) in [6.07, 6.45) is 0. The summed E-state index contributed by atoms with van der Waals surface area (Å²) in [7, 11) is 0. The first-order valence-corrected chi connectivity index (χ1v) is 17.8. The van der Waals surface area contributed by atoms with E-state index in [0.29, 0.717) is 0 Å². The summed E-state index contributed by atoms with van der Waals surface area (Å²) in [4.78, 5) is 15.2. The largest absolute Gasteiger partial charge is 0.455 e. The molecule has 0 unspecified atom stereocenters. The molecule has 0 bridgehead atoms. The Labute approximate surface area is 306 Å². The second kappa shape index (κ2) is 12.9. The predicted octanol–water partition coefficient (Wildman–Crippen LogP) is 12.9. The fourth-order valence-corrected chi connectivity index (χ4v) is 7.32. The van der Waals surface area contributed by atoms with Gasteiger partial charge in [-0.2, -0.15) is 0 Å². The van der Waals surface area contributed by atoms with Gasteiger partial charge in [0.25, 0.3) is 0 Å². The van der Waals surface area contributed by atoms with Gasteiger partial charge in [-0.25, -0.2) is 15.0 Å². The summed E-state index contributed by atoms with van der Waals surface area (Å²) in [5.74, 6) is 1.56. The van der Waals surface area contributed by atoms with Crippen LogP contribution >= 0.6 is 0 Å². The van der Waals surface area contributed by atoms with Crippen LogP contribution in [0.5, 0.6) is 0 Å². The van der Waals surface area contributed by atoms with Crippen LogP contribution in [0.4, 0.5) is 0 Å². The van der Waals surface area contributed by atoms with E-state index in [1.54, 1.807) is 0 Å². The number of hydrogen-bond acceptors (Lipinski definition) is 4. The minimum Gasteiger partial charge on any atom is -0.455 e. The van der Waals surface area contributed by atoms with Gasteiger partial charge in [-0.05, 0) is 34.9 Å². The van der Waals surface area contributed by atoms with Crippen LogP contribution in [0.1, 0.15) is 0 Å². The highest BCUT2D eigenvalue weighted by atomic mass is 16.3. The normalized spacial score (nSPS) is 11.4. The second-order valence-corrected chi connectivity index (χ2v) is 13.2. The van der Waals surface area contributed by atoms with Gasteiger partial charge in [0.2, 0.25) is 0 Å². The fourth-order valence-electron chi connectivity index (χ4n) is 7.32. The minimum absolute atomic E-state index is 0.722. The number of aromatic nitrogens is 3. The molecule has 53 heavy (non-hydrogen) atoms. The molecule has 0 N–H and O–H groups in total. The highest BCUT2D eigenvalue weighted by Crippen LogP contribution is 2.46. The van der Waals surface area contributed by atoms with Crippen molar-refractivity contribution in [1.82, 2.24) is 15.0 Å². The van der Waals surface area contributed by atoms with Crippen molar-refractivity contribution in [3.05, 3.63) is 188 Å². The second-order valence-electron chi connectivity index (χ2n) is 13.2. The fraction of sp³-hybridized carbons (Fsp3) is 0. The average molecular weight is 678 g/mol. The lowest BCUT2D eigenvalue weighted by molar-refractivity contribution is 0.636. The molecule has 10 rings (SSSR count). The molecule has 0 radical (unpaired) electrons. The molecule has 7 aromatic carbocycles. The molecule has 0 spiro atoms. The van der Waals surface area contributed by atoms with Crippen LogP contribution in [0.3, 0.4) is 0 Å². The number of para-hydroxylation sites is 2. The molecule has 0 amide bonds. The van der Waals surface area contributed by atoms with E-state index < -0.39 is 0 Å². The van der Waals surface area contributed by atoms with Gasteiger partial charge in [-0.3, -0.25) is 0 Å². The number of pyridine rings is 1. The zero-order chi connectivity index (χ0) is 35.1. The standard InChI is InChI=1S/C49H31N3O/c1-4-14-34(15-5-1)43-44-46(50-42-23-13-11-21-40(42)48(44)53-47(43)37-16-6-2-7-17-37)36-30-26-33(27-31-36)32-24-28-35(29-25-32)45-39-20-10-12-22-41(39)51-49(52-45)38-18-8-3-9-19-38/h1-31H. The van der Waals surface area contributed by atoms with Crippen molar-refractivity contribution in [2.45, 2.75) is 0 Å². The molecule has 4 heteroatoms. The van der Waals surface area contributed by atoms with Crippen molar-refractivity contribution >= 4 is 32.8 Å². The van der Waals surface area contributed by atoms with Crippen LogP contribution in [0, 0.1) is 0 Å². The Balaban J connectivity index is 1.07. The lowest BCUT2D eigenvalue weighted by Crippen LogP contribution is -1.95. The molecule has 0 saturated heterocycles. The van der Waals surface area contributed by atoms with E-state index in [1.165, 1.54) is 0 Å². The van der Waals surface area contributed by atoms with Gasteiger partial charge in [0.05, 0.1) is 27.8 Å². The van der Waals surface area contributed by atoms with E-state index in [9.17, 15) is 0 Å². The molecule has 10 aromatic rings. The Bertz CT molecular complexity index is 2900. The molecule has 0 aliphatic heterocycles. The monoisotopic (exact) mass is 677 g/mol. The van der Waals surface area contributed by atoms with Crippen LogP contribution in [0.15, 0.2) is 192 Å². The molecule has 4 nitrogen and oxygen atoms in total. The molecular weight excluding hydrogens is 647 g/mol. The summed E-state index contributed by atoms with van der Waals surface area (Å²) in [5, 5.41) is 3.04. The molecule has 3 heterocycles. The highest BCUT2D eigenvalue weighted by Gasteiger charge is 2.24. The van der Waals surface area contributed by atoms with Gasteiger partial charge in [0.15, 0.2) is 5.82 Å². The van der Waals surface area contributed by atoms with E-state index in [-0.39, 0.29) is 0 Å². The van der Waals surface area contributed by atoms with Gasteiger partial charge < -0.3 is 4.42 Å². The van der Waals surface area contributed by atoms with Crippen molar-refractivity contribution in [2.75, 3.05) is 0 Å². The van der Waals surface area contributed by atoms with E-state index in [0.717, 1.165) is 100 Å². The van der Waals surface area contributed by atoms with Crippen LogP contribution in [0.25, 0.3) is 100 Å². The van der Waals surface area contributed by atoms with Crippen molar-refractivity contribution in [1.29, 1.82) is 0 Å². The maximum absolute atomic E-state index is 6.87. The zero-order valence-electron chi connectivity index (χ0n) is 28.6. The van der Waals surface area contributed by atoms with Crippen molar-refractivity contribution in [2.24, 2.45) is 0 Å². The maximum Gasteiger partial charge on any atom is 0.160 e. The first-order valence-electron chi connectivity index (χ1n) is 17.8. The molecule has 248 valence electrons. The van der Waals surface area contributed by atoms with Gasteiger partial charge in [-0.15, -0.1) is 0 Å². The summed E-state index contributed by atoms with van der Waals surface area (Å²) in [6.45, 7) is 0. The number of nitrogens with zero attached hydrogens (tertiary/aromatic N) is 3. The molecule has 0 atom stereocenters. The van der Waals surface area contributed by atoms with Gasteiger partial charge in [0, 0.05) is 38.6 Å². The van der Waals surface area contributed by atoms with Gasteiger partial charge >= 0.3 is 0 Å². The lowest BCUT2D eigenvalue weighted by atomic mass is 9.94. The third-order valence-electron chi connectivity index (χ3n) is 9.91. The minimum atomic E-state index is 0.722. The topological polar surface area (TPSA) is 51.8 Å². The average Bonchev–Trinajstić information content (AvgIpc) is 3.65. The summed E-state index contributed by atoms with van der Waals surface area (Å²) < 4.78 is 6.87. The summed E-state index contributed by atoms with van der Waals surface area (Å²) >= 11 is 0. The van der Waals surface area contributed by atoms with Gasteiger partial charge in [0.1, 0.15) is 11.3 Å². The quantitative estimate of drug-likeness (QED) is 0.176. The van der Waals surface area contributed by atoms with Crippen LogP contribution in [0.2, 0.25) is 0 Å². The number of rotatable bonds is 6. The van der Waals surface area contributed by atoms with Crippen LogP contribution in [-0.2, 0) is 0 Å². The Hall–Kier alpha value is -7.17. The zero-order valence-corrected chi connectivity index (χ0v) is 28.6. The Morgan fingerprint density at radius 2 is 0.792 bits per heavy atom. The van der Waals surface area contributed by atoms with E-state index in [2.05, 4.69) is 133 Å². The van der Waals surface area contributed by atoms with Gasteiger partial charge in [-0.1, -0.05) is 170 Å². The first-order chi connectivity index (χ1) is 26.3. The maximum atomic E-state index is 6.87. The van der Waals surface area contributed by atoms with E-state index in [4.69, 9.17) is 19.4 Å². The summed E-state index contributed by atoms with van der Waals surface area (Å²) in [5.41, 5.74) is 13.0. The third kappa shape index (κ3) is 5.45. The predicted molar refractivity (Wildman–Crippen MR) is 217 cm³/mol. The van der Waals surface area contributed by atoms with Crippen molar-refractivity contribution in [3.8, 4) is 67.5 Å². The molecular formula is C49H31N3O. The third-order valence-corrected chi connectivity index (χ3v) is 9.91. The Kier molecular flexibility index (Phi) is 7.43. The van der Waals surface area contributed by atoms with E-state index in [1.807, 2.05) is 54.6 Å². The smallest absolute Gasteiger partial charge is 0.160 e. The number of fused-ring (bicyclic) bond motifs is 4. The molecule has 0 aliphatic rings. The number of benzene rings is 7. The number of furan rings is 1. The molecule has 0 fully saturated rings. The van der Waals surface area contributed by atoms with E-state index >= 15 is 0 Å². The number of hydrogen-bond donors (Lipinski definition) is 0. The Morgan fingerprint density at radius 3 is 1.42 bits per heavy atom. The molecule has 3 aromatic heterocycles.